The molecule has 0 amide bonds. The molecule has 1 fully saturated rings. The molecule has 0 aliphatic carbocycles. The van der Waals surface area contributed by atoms with E-state index in [1.807, 2.05) is 19.4 Å². The van der Waals surface area contributed by atoms with E-state index in [2.05, 4.69) is 38.7 Å². The molecule has 3 rings (SSSR count). The maximum absolute atomic E-state index is 5.96. The Morgan fingerprint density at radius 2 is 1.74 bits per heavy atom. The van der Waals surface area contributed by atoms with E-state index in [0.717, 1.165) is 11.4 Å². The first-order valence-corrected chi connectivity index (χ1v) is 6.89. The Kier molecular flexibility index (Phi) is 3.25. The van der Waals surface area contributed by atoms with Gasteiger partial charge in [0.15, 0.2) is 0 Å². The zero-order chi connectivity index (χ0) is 13.2. The lowest BCUT2D eigenvalue weighted by atomic mass is 10.2. The number of hydrogen-bond acceptors (Lipinski definition) is 3. The van der Waals surface area contributed by atoms with Gasteiger partial charge in [-0.15, -0.1) is 0 Å². The number of nitrogens with zero attached hydrogens (tertiary/aromatic N) is 3. The molecule has 0 saturated carbocycles. The molecule has 0 radical (unpaired) electrons. The van der Waals surface area contributed by atoms with E-state index < -0.39 is 0 Å². The van der Waals surface area contributed by atoms with Crippen LogP contribution >= 0.6 is 0 Å². The van der Waals surface area contributed by atoms with Gasteiger partial charge < -0.3 is 15.2 Å². The summed E-state index contributed by atoms with van der Waals surface area (Å²) in [4.78, 5) is 6.63. The summed E-state index contributed by atoms with van der Waals surface area (Å²) in [7, 11) is 0. The fourth-order valence-corrected chi connectivity index (χ4v) is 2.66. The first kappa shape index (κ1) is 12.2. The molecule has 1 atom stereocenters. The van der Waals surface area contributed by atoms with Gasteiger partial charge in [0.1, 0.15) is 0 Å². The van der Waals surface area contributed by atoms with Crippen LogP contribution in [-0.4, -0.2) is 22.6 Å². The van der Waals surface area contributed by atoms with Crippen molar-refractivity contribution >= 4 is 5.69 Å². The predicted molar refractivity (Wildman–Crippen MR) is 77.6 cm³/mol. The molecular weight excluding hydrogens is 236 g/mol. The molecule has 0 unspecified atom stereocenters. The van der Waals surface area contributed by atoms with Crippen molar-refractivity contribution in [1.29, 1.82) is 0 Å². The van der Waals surface area contributed by atoms with Crippen LogP contribution in [0.25, 0.3) is 5.69 Å². The van der Waals surface area contributed by atoms with Gasteiger partial charge in [0.2, 0.25) is 0 Å². The SMILES string of the molecule is C[C@H](N)c1cncn1-c1ccc(N2CCCC2)cc1. The third-order valence-electron chi connectivity index (χ3n) is 3.73. The highest BCUT2D eigenvalue weighted by Gasteiger charge is 2.13. The van der Waals surface area contributed by atoms with Gasteiger partial charge in [-0.05, 0) is 44.0 Å². The first-order valence-electron chi connectivity index (χ1n) is 6.89. The van der Waals surface area contributed by atoms with Gasteiger partial charge in [0, 0.05) is 30.5 Å². The lowest BCUT2D eigenvalue weighted by Crippen LogP contribution is -2.17. The maximum Gasteiger partial charge on any atom is 0.0994 e. The van der Waals surface area contributed by atoms with Crippen molar-refractivity contribution in [3.63, 3.8) is 0 Å². The summed E-state index contributed by atoms with van der Waals surface area (Å²) in [5.41, 5.74) is 9.42. The van der Waals surface area contributed by atoms with E-state index in [-0.39, 0.29) is 6.04 Å². The van der Waals surface area contributed by atoms with Crippen LogP contribution in [0.5, 0.6) is 0 Å². The van der Waals surface area contributed by atoms with Crippen molar-refractivity contribution in [1.82, 2.24) is 9.55 Å². The zero-order valence-electron chi connectivity index (χ0n) is 11.3. The minimum absolute atomic E-state index is 0.0132. The van der Waals surface area contributed by atoms with Crippen LogP contribution in [0.15, 0.2) is 36.8 Å². The molecule has 4 heteroatoms. The van der Waals surface area contributed by atoms with E-state index in [0.29, 0.717) is 0 Å². The average molecular weight is 256 g/mol. The maximum atomic E-state index is 5.96. The van der Waals surface area contributed by atoms with Crippen LogP contribution in [-0.2, 0) is 0 Å². The Hall–Kier alpha value is -1.81. The largest absolute Gasteiger partial charge is 0.372 e. The van der Waals surface area contributed by atoms with Crippen molar-refractivity contribution in [3.8, 4) is 5.69 Å². The Labute approximate surface area is 113 Å². The van der Waals surface area contributed by atoms with Crippen molar-refractivity contribution in [2.75, 3.05) is 18.0 Å². The number of hydrogen-bond donors (Lipinski definition) is 1. The summed E-state index contributed by atoms with van der Waals surface area (Å²) >= 11 is 0. The van der Waals surface area contributed by atoms with Crippen molar-refractivity contribution < 1.29 is 0 Å². The quantitative estimate of drug-likeness (QED) is 0.917. The van der Waals surface area contributed by atoms with Gasteiger partial charge in [0.05, 0.1) is 18.2 Å². The van der Waals surface area contributed by atoms with Gasteiger partial charge in [0.25, 0.3) is 0 Å². The molecule has 0 spiro atoms. The van der Waals surface area contributed by atoms with E-state index in [4.69, 9.17) is 5.73 Å². The number of anilines is 1. The number of aromatic nitrogens is 2. The molecular formula is C15H20N4. The molecule has 1 saturated heterocycles. The summed E-state index contributed by atoms with van der Waals surface area (Å²) in [6.45, 7) is 4.33. The summed E-state index contributed by atoms with van der Waals surface area (Å²) in [6.07, 6.45) is 6.26. The second-order valence-electron chi connectivity index (χ2n) is 5.19. The average Bonchev–Trinajstić information content (AvgIpc) is 3.10. The normalized spacial score (nSPS) is 16.8. The molecule has 1 aliphatic heterocycles. The highest BCUT2D eigenvalue weighted by atomic mass is 15.1. The highest BCUT2D eigenvalue weighted by molar-refractivity contribution is 5.51. The number of imidazole rings is 1. The molecule has 2 aromatic rings. The number of benzene rings is 1. The summed E-state index contributed by atoms with van der Waals surface area (Å²) < 4.78 is 2.05. The second kappa shape index (κ2) is 5.05. The van der Waals surface area contributed by atoms with Gasteiger partial charge in [-0.25, -0.2) is 4.98 Å². The first-order chi connectivity index (χ1) is 9.25. The molecule has 19 heavy (non-hydrogen) atoms. The summed E-state index contributed by atoms with van der Waals surface area (Å²) in [5, 5.41) is 0. The lowest BCUT2D eigenvalue weighted by Gasteiger charge is -2.18. The second-order valence-corrected chi connectivity index (χ2v) is 5.19. The monoisotopic (exact) mass is 256 g/mol. The Morgan fingerprint density at radius 3 is 2.37 bits per heavy atom. The van der Waals surface area contributed by atoms with Crippen LogP contribution in [0.2, 0.25) is 0 Å². The van der Waals surface area contributed by atoms with Gasteiger partial charge in [-0.2, -0.15) is 0 Å². The molecule has 2 heterocycles. The van der Waals surface area contributed by atoms with E-state index in [9.17, 15) is 0 Å². The van der Waals surface area contributed by atoms with Gasteiger partial charge in [-0.3, -0.25) is 0 Å². The predicted octanol–water partition coefficient (Wildman–Crippen LogP) is 2.49. The minimum atomic E-state index is -0.0132. The Bertz CT molecular complexity index is 536. The van der Waals surface area contributed by atoms with E-state index >= 15 is 0 Å². The standard InChI is InChI=1S/C15H20N4/c1-12(16)15-10-17-11-19(15)14-6-4-13(5-7-14)18-8-2-3-9-18/h4-7,10-12H,2-3,8-9,16H2,1H3/t12-/m0/s1. The molecule has 1 aromatic carbocycles. The van der Waals surface area contributed by atoms with E-state index in [1.54, 1.807) is 0 Å². The molecule has 1 aliphatic rings. The molecule has 0 bridgehead atoms. The molecule has 100 valence electrons. The van der Waals surface area contributed by atoms with Crippen LogP contribution < -0.4 is 10.6 Å². The van der Waals surface area contributed by atoms with Crippen molar-refractivity contribution in [3.05, 3.63) is 42.5 Å². The fourth-order valence-electron chi connectivity index (χ4n) is 2.66. The molecule has 4 nitrogen and oxygen atoms in total. The summed E-state index contributed by atoms with van der Waals surface area (Å²) in [6, 6.07) is 8.64. The Morgan fingerprint density at radius 1 is 1.11 bits per heavy atom. The Balaban J connectivity index is 1.87. The number of rotatable bonds is 3. The van der Waals surface area contributed by atoms with Gasteiger partial charge in [-0.1, -0.05) is 0 Å². The lowest BCUT2D eigenvalue weighted by molar-refractivity contribution is 0.752. The minimum Gasteiger partial charge on any atom is -0.372 e. The topological polar surface area (TPSA) is 47.1 Å². The number of nitrogens with two attached hydrogens (primary N) is 1. The van der Waals surface area contributed by atoms with Crippen LogP contribution in [0.3, 0.4) is 0 Å². The fraction of sp³-hybridized carbons (Fsp3) is 0.400. The van der Waals surface area contributed by atoms with E-state index in [1.165, 1.54) is 31.6 Å². The third-order valence-corrected chi connectivity index (χ3v) is 3.73. The van der Waals surface area contributed by atoms with Crippen LogP contribution in [0.4, 0.5) is 5.69 Å². The zero-order valence-corrected chi connectivity index (χ0v) is 11.3. The van der Waals surface area contributed by atoms with Gasteiger partial charge >= 0.3 is 0 Å². The van der Waals surface area contributed by atoms with Crippen molar-refractivity contribution in [2.24, 2.45) is 5.73 Å². The third kappa shape index (κ3) is 2.36. The van der Waals surface area contributed by atoms with Crippen LogP contribution in [0.1, 0.15) is 31.5 Å². The highest BCUT2D eigenvalue weighted by Crippen LogP contribution is 2.23. The smallest absolute Gasteiger partial charge is 0.0994 e. The van der Waals surface area contributed by atoms with Crippen molar-refractivity contribution in [2.45, 2.75) is 25.8 Å². The summed E-state index contributed by atoms with van der Waals surface area (Å²) in [5.74, 6) is 0. The van der Waals surface area contributed by atoms with Crippen LogP contribution in [0, 0.1) is 0 Å². The molecule has 1 aromatic heterocycles. The molecule has 2 N–H and O–H groups in total.